The first-order valence-corrected chi connectivity index (χ1v) is 8.05. The topological polar surface area (TPSA) is 12.0 Å². The average molecular weight is 259 g/mol. The van der Waals surface area contributed by atoms with Crippen LogP contribution in [-0.2, 0) is 0 Å². The van der Waals surface area contributed by atoms with Gasteiger partial charge in [0, 0.05) is 6.04 Å². The van der Waals surface area contributed by atoms with Crippen LogP contribution in [0.3, 0.4) is 0 Å². The molecule has 1 saturated carbocycles. The van der Waals surface area contributed by atoms with Crippen LogP contribution >= 0.6 is 0 Å². The fourth-order valence-corrected chi connectivity index (χ4v) is 3.26. The molecular weight excluding hydrogens is 230 g/mol. The van der Waals surface area contributed by atoms with E-state index < -0.39 is 0 Å². The molecule has 0 radical (unpaired) electrons. The first kappa shape index (κ1) is 14.6. The van der Waals surface area contributed by atoms with E-state index in [1.165, 1.54) is 50.6 Å². The standard InChI is InChI=1S/C18H29N/c1-15(2)18(17-12-8-5-9-13-17)19-14-16-10-6-3-4-7-11-16/h5,8-9,12-13,15-16,18-19H,3-4,6-7,10-11,14H2,1-2H3. The molecule has 0 aromatic heterocycles. The first-order valence-electron chi connectivity index (χ1n) is 8.05. The summed E-state index contributed by atoms with van der Waals surface area (Å²) in [4.78, 5) is 0. The molecule has 1 aromatic rings. The van der Waals surface area contributed by atoms with E-state index in [0.29, 0.717) is 12.0 Å². The predicted molar refractivity (Wildman–Crippen MR) is 83.2 cm³/mol. The monoisotopic (exact) mass is 259 g/mol. The Morgan fingerprint density at radius 3 is 2.21 bits per heavy atom. The van der Waals surface area contributed by atoms with Crippen LogP contribution in [-0.4, -0.2) is 6.54 Å². The summed E-state index contributed by atoms with van der Waals surface area (Å²) in [6.07, 6.45) is 8.61. The smallest absolute Gasteiger partial charge is 0.0343 e. The van der Waals surface area contributed by atoms with E-state index in [9.17, 15) is 0 Å². The zero-order valence-electron chi connectivity index (χ0n) is 12.6. The molecule has 0 bridgehead atoms. The molecule has 0 aliphatic heterocycles. The van der Waals surface area contributed by atoms with Crippen LogP contribution in [0.5, 0.6) is 0 Å². The van der Waals surface area contributed by atoms with Crippen LogP contribution in [0.25, 0.3) is 0 Å². The third kappa shape index (κ3) is 4.65. The van der Waals surface area contributed by atoms with Crippen LogP contribution in [0, 0.1) is 11.8 Å². The van der Waals surface area contributed by atoms with Crippen molar-refractivity contribution in [1.29, 1.82) is 0 Å². The molecule has 2 rings (SSSR count). The molecule has 106 valence electrons. The van der Waals surface area contributed by atoms with E-state index in [4.69, 9.17) is 0 Å². The van der Waals surface area contributed by atoms with Crippen molar-refractivity contribution in [3.63, 3.8) is 0 Å². The lowest BCUT2D eigenvalue weighted by molar-refractivity contribution is 0.349. The van der Waals surface area contributed by atoms with Gasteiger partial charge in [-0.25, -0.2) is 0 Å². The van der Waals surface area contributed by atoms with Crippen LogP contribution in [0.2, 0.25) is 0 Å². The number of rotatable bonds is 5. The second-order valence-corrected chi connectivity index (χ2v) is 6.40. The van der Waals surface area contributed by atoms with Crippen molar-refractivity contribution in [3.8, 4) is 0 Å². The highest BCUT2D eigenvalue weighted by Crippen LogP contribution is 2.25. The maximum Gasteiger partial charge on any atom is 0.0343 e. The predicted octanol–water partition coefficient (Wildman–Crippen LogP) is 4.94. The lowest BCUT2D eigenvalue weighted by Crippen LogP contribution is -2.30. The summed E-state index contributed by atoms with van der Waals surface area (Å²) in [5, 5.41) is 3.83. The molecule has 1 unspecified atom stereocenters. The Hall–Kier alpha value is -0.820. The van der Waals surface area contributed by atoms with Crippen molar-refractivity contribution in [2.45, 2.75) is 58.4 Å². The SMILES string of the molecule is CC(C)C(NCC1CCCCCC1)c1ccccc1. The first-order chi connectivity index (χ1) is 9.27. The van der Waals surface area contributed by atoms with Crippen LogP contribution < -0.4 is 5.32 Å². The Balaban J connectivity index is 1.90. The second-order valence-electron chi connectivity index (χ2n) is 6.40. The van der Waals surface area contributed by atoms with Gasteiger partial charge in [0.25, 0.3) is 0 Å². The third-order valence-corrected chi connectivity index (χ3v) is 4.43. The molecule has 1 nitrogen and oxygen atoms in total. The van der Waals surface area contributed by atoms with Gasteiger partial charge in [-0.2, -0.15) is 0 Å². The number of benzene rings is 1. The Bertz CT molecular complexity index is 336. The highest BCUT2D eigenvalue weighted by atomic mass is 14.9. The van der Waals surface area contributed by atoms with Gasteiger partial charge < -0.3 is 5.32 Å². The molecule has 0 heterocycles. The largest absolute Gasteiger partial charge is 0.309 e. The van der Waals surface area contributed by atoms with Gasteiger partial charge in [-0.15, -0.1) is 0 Å². The summed E-state index contributed by atoms with van der Waals surface area (Å²) >= 11 is 0. The maximum absolute atomic E-state index is 3.83. The number of hydrogen-bond acceptors (Lipinski definition) is 1. The minimum Gasteiger partial charge on any atom is -0.309 e. The van der Waals surface area contributed by atoms with E-state index in [0.717, 1.165) is 5.92 Å². The summed E-state index contributed by atoms with van der Waals surface area (Å²) < 4.78 is 0. The molecule has 0 saturated heterocycles. The molecular formula is C18H29N. The summed E-state index contributed by atoms with van der Waals surface area (Å²) in [6.45, 7) is 5.83. The molecule has 1 aliphatic carbocycles. The van der Waals surface area contributed by atoms with Crippen molar-refractivity contribution < 1.29 is 0 Å². The average Bonchev–Trinajstić information content (AvgIpc) is 2.68. The summed E-state index contributed by atoms with van der Waals surface area (Å²) in [5.74, 6) is 1.54. The van der Waals surface area contributed by atoms with Crippen molar-refractivity contribution in [1.82, 2.24) is 5.32 Å². The van der Waals surface area contributed by atoms with E-state index in [2.05, 4.69) is 49.5 Å². The van der Waals surface area contributed by atoms with Crippen LogP contribution in [0.4, 0.5) is 0 Å². The third-order valence-electron chi connectivity index (χ3n) is 4.43. The van der Waals surface area contributed by atoms with Crippen LogP contribution in [0.15, 0.2) is 30.3 Å². The Labute approximate surface area is 118 Å². The Morgan fingerprint density at radius 1 is 1.00 bits per heavy atom. The van der Waals surface area contributed by atoms with Gasteiger partial charge in [0.05, 0.1) is 0 Å². The van der Waals surface area contributed by atoms with E-state index >= 15 is 0 Å². The highest BCUT2D eigenvalue weighted by Gasteiger charge is 2.18. The van der Waals surface area contributed by atoms with Crippen molar-refractivity contribution in [2.24, 2.45) is 11.8 Å². The van der Waals surface area contributed by atoms with Gasteiger partial charge in [-0.05, 0) is 36.8 Å². The maximum atomic E-state index is 3.83. The van der Waals surface area contributed by atoms with Gasteiger partial charge in [0.1, 0.15) is 0 Å². The van der Waals surface area contributed by atoms with Crippen LogP contribution in [0.1, 0.15) is 64.0 Å². The molecule has 1 aliphatic rings. The summed E-state index contributed by atoms with van der Waals surface area (Å²) in [7, 11) is 0. The molecule has 19 heavy (non-hydrogen) atoms. The zero-order chi connectivity index (χ0) is 13.5. The molecule has 1 atom stereocenters. The van der Waals surface area contributed by atoms with Crippen molar-refractivity contribution >= 4 is 0 Å². The molecule has 1 N–H and O–H groups in total. The van der Waals surface area contributed by atoms with Gasteiger partial charge in [-0.1, -0.05) is 69.9 Å². The molecule has 0 amide bonds. The normalized spacial score (nSPS) is 19.3. The Kier molecular flexibility index (Phi) is 5.91. The highest BCUT2D eigenvalue weighted by molar-refractivity contribution is 5.19. The molecule has 1 aromatic carbocycles. The zero-order valence-corrected chi connectivity index (χ0v) is 12.6. The van der Waals surface area contributed by atoms with Gasteiger partial charge >= 0.3 is 0 Å². The van der Waals surface area contributed by atoms with E-state index in [1.807, 2.05) is 0 Å². The molecule has 1 heteroatoms. The lowest BCUT2D eigenvalue weighted by Gasteiger charge is -2.25. The van der Waals surface area contributed by atoms with Crippen molar-refractivity contribution in [3.05, 3.63) is 35.9 Å². The molecule has 1 fully saturated rings. The van der Waals surface area contributed by atoms with Gasteiger partial charge in [0.15, 0.2) is 0 Å². The second kappa shape index (κ2) is 7.69. The molecule has 0 spiro atoms. The quantitative estimate of drug-likeness (QED) is 0.738. The van der Waals surface area contributed by atoms with E-state index in [-0.39, 0.29) is 0 Å². The fourth-order valence-electron chi connectivity index (χ4n) is 3.26. The van der Waals surface area contributed by atoms with Gasteiger partial charge in [-0.3, -0.25) is 0 Å². The van der Waals surface area contributed by atoms with Gasteiger partial charge in [0.2, 0.25) is 0 Å². The van der Waals surface area contributed by atoms with Crippen molar-refractivity contribution in [2.75, 3.05) is 6.54 Å². The number of hydrogen-bond donors (Lipinski definition) is 1. The lowest BCUT2D eigenvalue weighted by atomic mass is 9.94. The number of nitrogens with one attached hydrogen (secondary N) is 1. The summed E-state index contributed by atoms with van der Waals surface area (Å²) in [5.41, 5.74) is 1.44. The minimum atomic E-state index is 0.504. The summed E-state index contributed by atoms with van der Waals surface area (Å²) in [6, 6.07) is 11.4. The van der Waals surface area contributed by atoms with E-state index in [1.54, 1.807) is 0 Å². The fraction of sp³-hybridized carbons (Fsp3) is 0.667. The Morgan fingerprint density at radius 2 is 1.63 bits per heavy atom. The minimum absolute atomic E-state index is 0.504.